The van der Waals surface area contributed by atoms with Crippen LogP contribution in [0.1, 0.15) is 52.4 Å². The van der Waals surface area contributed by atoms with Crippen LogP contribution in [0.15, 0.2) is 0 Å². The minimum Gasteiger partial charge on any atom is -0.375 e. The largest absolute Gasteiger partial charge is 0.375 e. The molecule has 1 aliphatic carbocycles. The van der Waals surface area contributed by atoms with Crippen LogP contribution in [0.25, 0.3) is 0 Å². The van der Waals surface area contributed by atoms with Gasteiger partial charge >= 0.3 is 0 Å². The molecule has 2 aliphatic rings. The summed E-state index contributed by atoms with van der Waals surface area (Å²) in [6.45, 7) is 5.48. The Morgan fingerprint density at radius 3 is 2.68 bits per heavy atom. The predicted octanol–water partition coefficient (Wildman–Crippen LogP) is 2.95. The van der Waals surface area contributed by atoms with Crippen molar-refractivity contribution in [3.8, 4) is 0 Å². The van der Waals surface area contributed by atoms with Crippen LogP contribution in [-0.4, -0.2) is 29.8 Å². The van der Waals surface area contributed by atoms with E-state index in [0.29, 0.717) is 12.0 Å². The van der Waals surface area contributed by atoms with E-state index in [-0.39, 0.29) is 5.60 Å². The smallest absolute Gasteiger partial charge is 0.0685 e. The first kappa shape index (κ1) is 15.6. The fraction of sp³-hybridized carbons (Fsp3) is 1.00. The maximum Gasteiger partial charge on any atom is 0.0685 e. The summed E-state index contributed by atoms with van der Waals surface area (Å²) >= 11 is 2.04. The van der Waals surface area contributed by atoms with E-state index in [1.165, 1.54) is 44.3 Å². The SMILES string of the molecule is CC(C)CSCC(NN)C1CCOC2(CCCC2)C1. The van der Waals surface area contributed by atoms with E-state index in [2.05, 4.69) is 19.3 Å². The molecule has 2 unspecified atom stereocenters. The zero-order valence-corrected chi connectivity index (χ0v) is 13.3. The second kappa shape index (κ2) is 7.30. The van der Waals surface area contributed by atoms with Crippen LogP contribution in [0, 0.1) is 11.8 Å². The highest BCUT2D eigenvalue weighted by Gasteiger charge is 2.41. The maximum atomic E-state index is 6.12. The number of hydrazine groups is 1. The van der Waals surface area contributed by atoms with Gasteiger partial charge in [0.1, 0.15) is 0 Å². The van der Waals surface area contributed by atoms with E-state index < -0.39 is 0 Å². The van der Waals surface area contributed by atoms with Crippen LogP contribution < -0.4 is 11.3 Å². The minimum absolute atomic E-state index is 0.209. The van der Waals surface area contributed by atoms with Gasteiger partial charge in [-0.15, -0.1) is 0 Å². The van der Waals surface area contributed by atoms with Gasteiger partial charge in [-0.3, -0.25) is 11.3 Å². The molecule has 2 atom stereocenters. The van der Waals surface area contributed by atoms with Gasteiger partial charge in [-0.25, -0.2) is 0 Å². The summed E-state index contributed by atoms with van der Waals surface area (Å²) in [5.74, 6) is 9.62. The lowest BCUT2D eigenvalue weighted by Crippen LogP contribution is -2.49. The van der Waals surface area contributed by atoms with Gasteiger partial charge < -0.3 is 4.74 Å². The molecule has 0 bridgehead atoms. The van der Waals surface area contributed by atoms with Crippen molar-refractivity contribution in [2.24, 2.45) is 17.7 Å². The van der Waals surface area contributed by atoms with Gasteiger partial charge in [0, 0.05) is 18.4 Å². The van der Waals surface area contributed by atoms with Crippen molar-refractivity contribution >= 4 is 11.8 Å². The molecule has 112 valence electrons. The van der Waals surface area contributed by atoms with Gasteiger partial charge in [-0.1, -0.05) is 26.7 Å². The first-order chi connectivity index (χ1) is 9.15. The highest BCUT2D eigenvalue weighted by atomic mass is 32.2. The molecule has 0 aromatic rings. The number of thioether (sulfide) groups is 1. The van der Waals surface area contributed by atoms with Crippen LogP contribution >= 0.6 is 11.8 Å². The lowest BCUT2D eigenvalue weighted by Gasteiger charge is -2.41. The molecule has 1 saturated carbocycles. The molecule has 1 saturated heterocycles. The van der Waals surface area contributed by atoms with E-state index in [1.807, 2.05) is 11.8 Å². The van der Waals surface area contributed by atoms with Crippen LogP contribution in [0.3, 0.4) is 0 Å². The van der Waals surface area contributed by atoms with Crippen molar-refractivity contribution in [3.63, 3.8) is 0 Å². The van der Waals surface area contributed by atoms with Gasteiger partial charge in [-0.05, 0) is 43.3 Å². The monoisotopic (exact) mass is 286 g/mol. The number of rotatable bonds is 6. The van der Waals surface area contributed by atoms with Gasteiger partial charge in [0.15, 0.2) is 0 Å². The summed E-state index contributed by atoms with van der Waals surface area (Å²) in [5.41, 5.74) is 3.28. The molecule has 0 radical (unpaired) electrons. The van der Waals surface area contributed by atoms with E-state index >= 15 is 0 Å². The summed E-state index contributed by atoms with van der Waals surface area (Å²) in [6, 6.07) is 0.449. The maximum absolute atomic E-state index is 6.12. The molecule has 0 amide bonds. The molecule has 2 rings (SSSR count). The molecule has 3 nitrogen and oxygen atoms in total. The van der Waals surface area contributed by atoms with E-state index in [0.717, 1.165) is 18.3 Å². The third-order valence-electron chi connectivity index (χ3n) is 4.58. The minimum atomic E-state index is 0.209. The highest BCUT2D eigenvalue weighted by molar-refractivity contribution is 7.99. The second-order valence-corrected chi connectivity index (χ2v) is 7.77. The van der Waals surface area contributed by atoms with Crippen molar-refractivity contribution in [2.75, 3.05) is 18.1 Å². The van der Waals surface area contributed by atoms with Gasteiger partial charge in [0.25, 0.3) is 0 Å². The Morgan fingerprint density at radius 1 is 1.32 bits per heavy atom. The fourth-order valence-corrected chi connectivity index (χ4v) is 4.76. The Morgan fingerprint density at radius 2 is 2.05 bits per heavy atom. The summed E-state index contributed by atoms with van der Waals surface area (Å²) in [5, 5.41) is 0. The number of hydrogen-bond donors (Lipinski definition) is 2. The molecular formula is C15H30N2OS. The summed E-state index contributed by atoms with van der Waals surface area (Å²) < 4.78 is 6.12. The normalized spacial score (nSPS) is 28.1. The summed E-state index contributed by atoms with van der Waals surface area (Å²) in [7, 11) is 0. The number of ether oxygens (including phenoxy) is 1. The Balaban J connectivity index is 1.83. The molecule has 1 spiro atoms. The quantitative estimate of drug-likeness (QED) is 0.582. The Kier molecular flexibility index (Phi) is 6.00. The molecule has 1 aliphatic heterocycles. The Hall–Kier alpha value is 0.230. The average Bonchev–Trinajstić information content (AvgIpc) is 2.82. The van der Waals surface area contributed by atoms with Crippen molar-refractivity contribution in [1.29, 1.82) is 0 Å². The van der Waals surface area contributed by atoms with Crippen LogP contribution in [0.2, 0.25) is 0 Å². The first-order valence-corrected chi connectivity index (χ1v) is 8.98. The molecule has 2 fully saturated rings. The molecular weight excluding hydrogens is 256 g/mol. The lowest BCUT2D eigenvalue weighted by molar-refractivity contribution is -0.0967. The van der Waals surface area contributed by atoms with Crippen molar-refractivity contribution in [2.45, 2.75) is 64.0 Å². The van der Waals surface area contributed by atoms with Crippen LogP contribution in [0.4, 0.5) is 0 Å². The zero-order chi connectivity index (χ0) is 13.7. The molecule has 0 aromatic heterocycles. The zero-order valence-electron chi connectivity index (χ0n) is 12.5. The van der Waals surface area contributed by atoms with E-state index in [1.54, 1.807) is 0 Å². The second-order valence-electron chi connectivity index (χ2n) is 6.70. The molecule has 0 aromatic carbocycles. The Bertz CT molecular complexity index is 267. The standard InChI is InChI=1S/C15H30N2OS/c1-12(2)10-19-11-14(17-16)13-5-8-18-15(9-13)6-3-4-7-15/h12-14,17H,3-11,16H2,1-2H3. The van der Waals surface area contributed by atoms with Crippen molar-refractivity contribution in [3.05, 3.63) is 0 Å². The van der Waals surface area contributed by atoms with Crippen molar-refractivity contribution in [1.82, 2.24) is 5.43 Å². The van der Waals surface area contributed by atoms with Gasteiger partial charge in [0.2, 0.25) is 0 Å². The predicted molar refractivity (Wildman–Crippen MR) is 83.1 cm³/mol. The third kappa shape index (κ3) is 4.35. The third-order valence-corrected chi connectivity index (χ3v) is 6.07. The van der Waals surface area contributed by atoms with E-state index in [9.17, 15) is 0 Å². The first-order valence-electron chi connectivity index (χ1n) is 7.83. The number of hydrogen-bond acceptors (Lipinski definition) is 4. The van der Waals surface area contributed by atoms with Crippen molar-refractivity contribution < 1.29 is 4.74 Å². The highest BCUT2D eigenvalue weighted by Crippen LogP contribution is 2.43. The van der Waals surface area contributed by atoms with E-state index in [4.69, 9.17) is 10.6 Å². The van der Waals surface area contributed by atoms with Crippen LogP contribution in [0.5, 0.6) is 0 Å². The molecule has 19 heavy (non-hydrogen) atoms. The fourth-order valence-electron chi connectivity index (χ4n) is 3.53. The number of nitrogens with two attached hydrogens (primary N) is 1. The average molecular weight is 286 g/mol. The van der Waals surface area contributed by atoms with Gasteiger partial charge in [-0.2, -0.15) is 11.8 Å². The molecule has 3 N–H and O–H groups in total. The van der Waals surface area contributed by atoms with Gasteiger partial charge in [0.05, 0.1) is 5.60 Å². The van der Waals surface area contributed by atoms with Crippen LogP contribution in [-0.2, 0) is 4.74 Å². The number of nitrogens with one attached hydrogen (secondary N) is 1. The Labute approximate surface area is 122 Å². The molecule has 1 heterocycles. The summed E-state index contributed by atoms with van der Waals surface area (Å²) in [6.07, 6.45) is 7.59. The molecule has 4 heteroatoms. The lowest BCUT2D eigenvalue weighted by atomic mass is 9.81. The topological polar surface area (TPSA) is 47.3 Å². The summed E-state index contributed by atoms with van der Waals surface area (Å²) in [4.78, 5) is 0.